The Morgan fingerprint density at radius 3 is 3.00 bits per heavy atom. The first-order valence-electron chi connectivity index (χ1n) is 5.99. The first-order valence-corrected chi connectivity index (χ1v) is 5.99. The molecule has 0 bridgehead atoms. The van der Waals surface area contributed by atoms with Crippen LogP contribution in [0.1, 0.15) is 19.5 Å². The fourth-order valence-corrected chi connectivity index (χ4v) is 1.85. The van der Waals surface area contributed by atoms with E-state index in [-0.39, 0.29) is 0 Å². The van der Waals surface area contributed by atoms with Gasteiger partial charge in [0.15, 0.2) is 0 Å². The Balaban J connectivity index is 1.82. The standard InChI is InChI=1S/C12H19N5/c1-3-17-12(4-5-15-17)8-14-11(2)9-16-7-6-13-10-16/h4-7,10-11,14H,3,8-9H2,1-2H3. The predicted octanol–water partition coefficient (Wildman–Crippen LogP) is 1.28. The molecule has 0 saturated heterocycles. The van der Waals surface area contributed by atoms with E-state index in [0.717, 1.165) is 19.6 Å². The second-order valence-electron chi connectivity index (χ2n) is 4.18. The highest BCUT2D eigenvalue weighted by atomic mass is 15.3. The summed E-state index contributed by atoms with van der Waals surface area (Å²) in [6.45, 7) is 6.97. The minimum atomic E-state index is 0.407. The third kappa shape index (κ3) is 3.17. The van der Waals surface area contributed by atoms with Gasteiger partial charge in [-0.05, 0) is 19.9 Å². The summed E-state index contributed by atoms with van der Waals surface area (Å²) < 4.78 is 4.09. The highest BCUT2D eigenvalue weighted by molar-refractivity contribution is 5.00. The monoisotopic (exact) mass is 233 g/mol. The quantitative estimate of drug-likeness (QED) is 0.817. The molecular weight excluding hydrogens is 214 g/mol. The zero-order valence-corrected chi connectivity index (χ0v) is 10.4. The SMILES string of the molecule is CCn1nccc1CNC(C)Cn1ccnc1. The van der Waals surface area contributed by atoms with Crippen molar-refractivity contribution in [1.82, 2.24) is 24.6 Å². The molecule has 0 spiro atoms. The Kier molecular flexibility index (Phi) is 3.93. The lowest BCUT2D eigenvalue weighted by Crippen LogP contribution is -2.30. The summed E-state index contributed by atoms with van der Waals surface area (Å²) >= 11 is 0. The van der Waals surface area contributed by atoms with Crippen LogP contribution in [0.15, 0.2) is 31.0 Å². The maximum atomic E-state index is 4.25. The van der Waals surface area contributed by atoms with E-state index in [4.69, 9.17) is 0 Å². The summed E-state index contributed by atoms with van der Waals surface area (Å²) in [4.78, 5) is 4.03. The summed E-state index contributed by atoms with van der Waals surface area (Å²) in [6, 6.07) is 2.46. The molecule has 0 amide bonds. The number of aromatic nitrogens is 4. The van der Waals surface area contributed by atoms with E-state index >= 15 is 0 Å². The maximum Gasteiger partial charge on any atom is 0.0946 e. The van der Waals surface area contributed by atoms with E-state index in [1.54, 1.807) is 6.20 Å². The third-order valence-electron chi connectivity index (χ3n) is 2.78. The van der Waals surface area contributed by atoms with Gasteiger partial charge in [0.05, 0.1) is 12.0 Å². The molecule has 0 saturated carbocycles. The molecule has 1 N–H and O–H groups in total. The van der Waals surface area contributed by atoms with Gasteiger partial charge in [0.25, 0.3) is 0 Å². The van der Waals surface area contributed by atoms with E-state index in [1.165, 1.54) is 5.69 Å². The normalized spacial score (nSPS) is 12.8. The van der Waals surface area contributed by atoms with Crippen LogP contribution in [0.25, 0.3) is 0 Å². The van der Waals surface area contributed by atoms with Gasteiger partial charge in [0.2, 0.25) is 0 Å². The lowest BCUT2D eigenvalue weighted by Gasteiger charge is -2.14. The van der Waals surface area contributed by atoms with Crippen LogP contribution in [-0.4, -0.2) is 25.4 Å². The zero-order chi connectivity index (χ0) is 12.1. The van der Waals surface area contributed by atoms with Crippen LogP contribution in [0.2, 0.25) is 0 Å². The maximum absolute atomic E-state index is 4.25. The molecule has 2 heterocycles. The van der Waals surface area contributed by atoms with Crippen molar-refractivity contribution in [2.75, 3.05) is 0 Å². The zero-order valence-electron chi connectivity index (χ0n) is 10.4. The van der Waals surface area contributed by atoms with Gasteiger partial charge >= 0.3 is 0 Å². The van der Waals surface area contributed by atoms with Crippen molar-refractivity contribution in [3.63, 3.8) is 0 Å². The van der Waals surface area contributed by atoms with Gasteiger partial charge in [-0.15, -0.1) is 0 Å². The Bertz CT molecular complexity index is 431. The van der Waals surface area contributed by atoms with E-state index in [1.807, 2.05) is 23.4 Å². The Hall–Kier alpha value is -1.62. The van der Waals surface area contributed by atoms with Gasteiger partial charge in [-0.2, -0.15) is 5.10 Å². The topological polar surface area (TPSA) is 47.7 Å². The van der Waals surface area contributed by atoms with Crippen molar-refractivity contribution in [3.05, 3.63) is 36.7 Å². The first kappa shape index (κ1) is 11.9. The van der Waals surface area contributed by atoms with Crippen LogP contribution >= 0.6 is 0 Å². The lowest BCUT2D eigenvalue weighted by molar-refractivity contribution is 0.462. The molecule has 0 aromatic carbocycles. The highest BCUT2D eigenvalue weighted by Crippen LogP contribution is 2.00. The van der Waals surface area contributed by atoms with Crippen molar-refractivity contribution in [3.8, 4) is 0 Å². The average molecular weight is 233 g/mol. The van der Waals surface area contributed by atoms with E-state index in [9.17, 15) is 0 Å². The van der Waals surface area contributed by atoms with Crippen LogP contribution < -0.4 is 5.32 Å². The number of rotatable bonds is 6. The Morgan fingerprint density at radius 2 is 2.29 bits per heavy atom. The van der Waals surface area contributed by atoms with Gasteiger partial charge in [-0.1, -0.05) is 0 Å². The number of hydrogen-bond donors (Lipinski definition) is 1. The van der Waals surface area contributed by atoms with Gasteiger partial charge in [-0.25, -0.2) is 4.98 Å². The van der Waals surface area contributed by atoms with Crippen molar-refractivity contribution >= 4 is 0 Å². The molecule has 0 aliphatic rings. The fraction of sp³-hybridized carbons (Fsp3) is 0.500. The Labute approximate surface area is 101 Å². The van der Waals surface area contributed by atoms with Crippen LogP contribution in [0.3, 0.4) is 0 Å². The van der Waals surface area contributed by atoms with Crippen LogP contribution in [0, 0.1) is 0 Å². The molecule has 0 aliphatic carbocycles. The lowest BCUT2D eigenvalue weighted by atomic mass is 10.3. The molecule has 2 rings (SSSR count). The smallest absolute Gasteiger partial charge is 0.0946 e. The number of aryl methyl sites for hydroxylation is 1. The average Bonchev–Trinajstić information content (AvgIpc) is 2.96. The minimum absolute atomic E-state index is 0.407. The molecule has 92 valence electrons. The predicted molar refractivity (Wildman–Crippen MR) is 66.4 cm³/mol. The summed E-state index contributed by atoms with van der Waals surface area (Å²) in [7, 11) is 0. The minimum Gasteiger partial charge on any atom is -0.336 e. The number of imidazole rings is 1. The molecule has 1 unspecified atom stereocenters. The molecule has 2 aromatic heterocycles. The van der Waals surface area contributed by atoms with Gasteiger partial charge in [0, 0.05) is 44.3 Å². The molecular formula is C12H19N5. The summed E-state index contributed by atoms with van der Waals surface area (Å²) in [5.74, 6) is 0. The van der Waals surface area contributed by atoms with Crippen LogP contribution in [0.5, 0.6) is 0 Å². The summed E-state index contributed by atoms with van der Waals surface area (Å²) in [5.41, 5.74) is 1.23. The largest absolute Gasteiger partial charge is 0.336 e. The van der Waals surface area contributed by atoms with E-state index < -0.39 is 0 Å². The molecule has 5 nitrogen and oxygen atoms in total. The first-order chi connectivity index (χ1) is 8.29. The third-order valence-corrected chi connectivity index (χ3v) is 2.78. The molecule has 0 fully saturated rings. The molecule has 2 aromatic rings. The number of hydrogen-bond acceptors (Lipinski definition) is 3. The summed E-state index contributed by atoms with van der Waals surface area (Å²) in [5, 5.41) is 7.74. The van der Waals surface area contributed by atoms with Crippen LogP contribution in [0.4, 0.5) is 0 Å². The van der Waals surface area contributed by atoms with Crippen molar-refractivity contribution in [2.24, 2.45) is 0 Å². The molecule has 17 heavy (non-hydrogen) atoms. The molecule has 1 atom stereocenters. The number of nitrogens with zero attached hydrogens (tertiary/aromatic N) is 4. The van der Waals surface area contributed by atoms with Gasteiger partial charge in [0.1, 0.15) is 0 Å². The van der Waals surface area contributed by atoms with E-state index in [0.29, 0.717) is 6.04 Å². The van der Waals surface area contributed by atoms with Crippen molar-refractivity contribution in [1.29, 1.82) is 0 Å². The van der Waals surface area contributed by atoms with Crippen molar-refractivity contribution < 1.29 is 0 Å². The van der Waals surface area contributed by atoms with E-state index in [2.05, 4.69) is 39.9 Å². The van der Waals surface area contributed by atoms with Gasteiger partial charge in [-0.3, -0.25) is 4.68 Å². The Morgan fingerprint density at radius 1 is 1.41 bits per heavy atom. The molecule has 0 radical (unpaired) electrons. The fourth-order valence-electron chi connectivity index (χ4n) is 1.85. The second-order valence-corrected chi connectivity index (χ2v) is 4.18. The molecule has 5 heteroatoms. The molecule has 0 aliphatic heterocycles. The second kappa shape index (κ2) is 5.63. The summed E-state index contributed by atoms with van der Waals surface area (Å²) in [6.07, 6.45) is 7.48. The number of nitrogens with one attached hydrogen (secondary N) is 1. The van der Waals surface area contributed by atoms with Crippen molar-refractivity contribution in [2.45, 2.75) is 39.5 Å². The van der Waals surface area contributed by atoms with Crippen LogP contribution in [-0.2, 0) is 19.6 Å². The van der Waals surface area contributed by atoms with Gasteiger partial charge < -0.3 is 9.88 Å². The highest BCUT2D eigenvalue weighted by Gasteiger charge is 2.05.